The summed E-state index contributed by atoms with van der Waals surface area (Å²) in [5, 5.41) is 13.9. The molecule has 280 valence electrons. The van der Waals surface area contributed by atoms with Crippen molar-refractivity contribution in [1.29, 1.82) is 5.41 Å². The lowest BCUT2D eigenvalue weighted by Crippen LogP contribution is -2.14. The first-order valence-corrected chi connectivity index (χ1v) is 20.3. The monoisotopic (exact) mass is 754 g/mol. The van der Waals surface area contributed by atoms with E-state index in [1.54, 1.807) is 0 Å². The largest absolute Gasteiger partial charge is 0.300 e. The zero-order valence-electron chi connectivity index (χ0n) is 33.2. The first-order chi connectivity index (χ1) is 29.0. The van der Waals surface area contributed by atoms with Gasteiger partial charge in [-0.1, -0.05) is 208 Å². The van der Waals surface area contributed by atoms with Gasteiger partial charge in [0.25, 0.3) is 0 Å². The van der Waals surface area contributed by atoms with Crippen molar-refractivity contribution in [3.8, 4) is 44.5 Å². The van der Waals surface area contributed by atoms with E-state index in [0.29, 0.717) is 5.71 Å². The summed E-state index contributed by atoms with van der Waals surface area (Å²) in [5.41, 5.74) is 16.3. The van der Waals surface area contributed by atoms with E-state index < -0.39 is 0 Å². The Morgan fingerprint density at radius 1 is 0.475 bits per heavy atom. The Hall–Kier alpha value is -7.42. The second kappa shape index (κ2) is 14.8. The van der Waals surface area contributed by atoms with Crippen LogP contribution >= 0.6 is 0 Å². The van der Waals surface area contributed by atoms with Crippen LogP contribution in [0.1, 0.15) is 41.7 Å². The van der Waals surface area contributed by atoms with Crippen molar-refractivity contribution in [3.05, 3.63) is 234 Å². The summed E-state index contributed by atoms with van der Waals surface area (Å²) in [7, 11) is 0. The van der Waals surface area contributed by atoms with Crippen LogP contribution in [0, 0.1) is 5.41 Å². The highest BCUT2D eigenvalue weighted by molar-refractivity contribution is 6.13. The molecule has 9 aromatic rings. The molecule has 1 aliphatic rings. The number of fused-ring (bicyclic) bond motifs is 6. The third-order valence-electron chi connectivity index (χ3n) is 12.0. The molecule has 0 unspecified atom stereocenters. The first kappa shape index (κ1) is 36.0. The Labute approximate surface area is 346 Å². The molecule has 0 radical (unpaired) electrons. The number of nitrogens with zero attached hydrogens (tertiary/aromatic N) is 1. The Balaban J connectivity index is 1.07. The summed E-state index contributed by atoms with van der Waals surface area (Å²) in [6.45, 7) is 4.72. The van der Waals surface area contributed by atoms with Gasteiger partial charge in [-0.3, -0.25) is 4.99 Å². The quantitative estimate of drug-likeness (QED) is 0.150. The van der Waals surface area contributed by atoms with E-state index in [9.17, 15) is 0 Å². The maximum absolute atomic E-state index is 9.08. The van der Waals surface area contributed by atoms with Crippen LogP contribution in [-0.4, -0.2) is 11.9 Å². The minimum atomic E-state index is -0.101. The van der Waals surface area contributed by atoms with Crippen molar-refractivity contribution in [2.24, 2.45) is 4.99 Å². The van der Waals surface area contributed by atoms with Gasteiger partial charge in [0.1, 0.15) is 0 Å². The van der Waals surface area contributed by atoms with Crippen LogP contribution in [0.25, 0.3) is 71.7 Å². The molecule has 0 heterocycles. The molecule has 0 aliphatic heterocycles. The Bertz CT molecular complexity index is 3130. The highest BCUT2D eigenvalue weighted by Gasteiger charge is 2.37. The topological polar surface area (TPSA) is 36.2 Å². The van der Waals surface area contributed by atoms with Gasteiger partial charge in [0, 0.05) is 22.8 Å². The SMILES string of the molecule is CC1(C)c2cccc(-c3cccc(-c4ccc(C=N/C(=C\C(=N)c5ccccc5)c5ccccc5-c5ccccc5)c5ccccc45)c3)c2-c2c1ccc1ccccc21. The summed E-state index contributed by atoms with van der Waals surface area (Å²) in [4.78, 5) is 5.20. The third kappa shape index (κ3) is 6.40. The van der Waals surface area contributed by atoms with Gasteiger partial charge in [-0.25, -0.2) is 0 Å². The predicted molar refractivity (Wildman–Crippen MR) is 251 cm³/mol. The summed E-state index contributed by atoms with van der Waals surface area (Å²) in [5.74, 6) is 0. The van der Waals surface area contributed by atoms with Crippen LogP contribution in [0.5, 0.6) is 0 Å². The van der Waals surface area contributed by atoms with Crippen LogP contribution in [0.4, 0.5) is 0 Å². The lowest BCUT2D eigenvalue weighted by Gasteiger charge is -2.21. The van der Waals surface area contributed by atoms with Crippen molar-refractivity contribution < 1.29 is 0 Å². The molecule has 0 aromatic heterocycles. The Kier molecular flexibility index (Phi) is 9.03. The summed E-state index contributed by atoms with van der Waals surface area (Å²) in [6.07, 6.45) is 3.85. The van der Waals surface area contributed by atoms with Crippen molar-refractivity contribution in [2.45, 2.75) is 19.3 Å². The summed E-state index contributed by atoms with van der Waals surface area (Å²) in [6, 6.07) is 70.9. The Morgan fingerprint density at radius 2 is 1.08 bits per heavy atom. The number of rotatable bonds is 8. The van der Waals surface area contributed by atoms with Crippen molar-refractivity contribution in [1.82, 2.24) is 0 Å². The normalized spacial score (nSPS) is 13.2. The number of allylic oxidation sites excluding steroid dienone is 1. The van der Waals surface area contributed by atoms with Crippen molar-refractivity contribution in [3.63, 3.8) is 0 Å². The number of aliphatic imine (C=N–C) groups is 1. The molecule has 2 heteroatoms. The molecule has 2 nitrogen and oxygen atoms in total. The molecule has 0 fully saturated rings. The molecule has 1 aliphatic carbocycles. The zero-order chi connectivity index (χ0) is 39.9. The van der Waals surface area contributed by atoms with Crippen LogP contribution in [-0.2, 0) is 5.41 Å². The maximum Gasteiger partial charge on any atom is 0.0729 e. The van der Waals surface area contributed by atoms with E-state index >= 15 is 0 Å². The van der Waals surface area contributed by atoms with Gasteiger partial charge in [0.2, 0.25) is 0 Å². The Morgan fingerprint density at radius 3 is 1.90 bits per heavy atom. The molecule has 0 saturated carbocycles. The van der Waals surface area contributed by atoms with Crippen LogP contribution in [0.3, 0.4) is 0 Å². The van der Waals surface area contributed by atoms with E-state index in [1.807, 2.05) is 54.8 Å². The van der Waals surface area contributed by atoms with E-state index in [0.717, 1.165) is 44.3 Å². The average Bonchev–Trinajstić information content (AvgIpc) is 3.54. The van der Waals surface area contributed by atoms with Crippen molar-refractivity contribution in [2.75, 3.05) is 0 Å². The van der Waals surface area contributed by atoms with Gasteiger partial charge in [0.05, 0.1) is 11.4 Å². The predicted octanol–water partition coefficient (Wildman–Crippen LogP) is 14.8. The molecule has 0 spiro atoms. The maximum atomic E-state index is 9.08. The van der Waals surface area contributed by atoms with Crippen LogP contribution < -0.4 is 0 Å². The molecule has 59 heavy (non-hydrogen) atoms. The van der Waals surface area contributed by atoms with Crippen LogP contribution in [0.15, 0.2) is 211 Å². The van der Waals surface area contributed by atoms with Crippen molar-refractivity contribution >= 4 is 39.2 Å². The smallest absolute Gasteiger partial charge is 0.0729 e. The molecule has 10 rings (SSSR count). The highest BCUT2D eigenvalue weighted by Crippen LogP contribution is 2.54. The molecule has 0 bridgehead atoms. The fourth-order valence-electron chi connectivity index (χ4n) is 9.07. The number of nitrogens with one attached hydrogen (secondary N) is 1. The van der Waals surface area contributed by atoms with E-state index in [4.69, 9.17) is 10.4 Å². The van der Waals surface area contributed by atoms with Gasteiger partial charge in [0.15, 0.2) is 0 Å². The fourth-order valence-corrected chi connectivity index (χ4v) is 9.07. The fraction of sp³-hybridized carbons (Fsp3) is 0.0526. The molecule has 1 N–H and O–H groups in total. The first-order valence-electron chi connectivity index (χ1n) is 20.3. The number of hydrogen-bond donors (Lipinski definition) is 1. The molecule has 0 amide bonds. The van der Waals surface area contributed by atoms with Gasteiger partial charge >= 0.3 is 0 Å². The summed E-state index contributed by atoms with van der Waals surface area (Å²) < 4.78 is 0. The minimum Gasteiger partial charge on any atom is -0.300 e. The second-order valence-electron chi connectivity index (χ2n) is 15.9. The number of hydrogen-bond acceptors (Lipinski definition) is 2. The van der Waals surface area contributed by atoms with Gasteiger partial charge in [-0.15, -0.1) is 0 Å². The molecule has 9 aromatic carbocycles. The number of benzene rings is 9. The highest BCUT2D eigenvalue weighted by atomic mass is 14.7. The average molecular weight is 755 g/mol. The molecule has 0 saturated heterocycles. The van der Waals surface area contributed by atoms with E-state index in [2.05, 4.69) is 172 Å². The van der Waals surface area contributed by atoms with Gasteiger partial charge < -0.3 is 5.41 Å². The minimum absolute atomic E-state index is 0.101. The lowest BCUT2D eigenvalue weighted by molar-refractivity contribution is 0.661. The molecular weight excluding hydrogens is 713 g/mol. The standard InChI is InChI=1S/C57H42N2/c1-57(2)51-30-16-29-48(56(51)55-47-26-10-9-19-39(47)32-34-52(55)57)42-23-15-22-41(35-42)46-33-31-43(45-25-11-13-27-49(45)46)37-59-54(36-53(58)40-20-7-4-8-21-40)50-28-14-12-24-44(50)38-17-5-3-6-18-38/h3-37,58H,1-2H3/b54-36-,58-53?,59-37?. The van der Waals surface area contributed by atoms with Gasteiger partial charge in [-0.05, 0) is 94.9 Å². The van der Waals surface area contributed by atoms with Gasteiger partial charge in [-0.2, -0.15) is 0 Å². The van der Waals surface area contributed by atoms with E-state index in [1.165, 1.54) is 55.3 Å². The summed E-state index contributed by atoms with van der Waals surface area (Å²) >= 11 is 0. The molecular formula is C57H42N2. The zero-order valence-corrected chi connectivity index (χ0v) is 33.2. The van der Waals surface area contributed by atoms with Crippen LogP contribution in [0.2, 0.25) is 0 Å². The molecule has 0 atom stereocenters. The van der Waals surface area contributed by atoms with E-state index in [-0.39, 0.29) is 5.41 Å². The third-order valence-corrected chi connectivity index (χ3v) is 12.0. The second-order valence-corrected chi connectivity index (χ2v) is 15.9. The lowest BCUT2D eigenvalue weighted by atomic mass is 9.81.